The molecule has 1 fully saturated rings. The third kappa shape index (κ3) is 4.27. The Bertz CT molecular complexity index is 695. The van der Waals surface area contributed by atoms with Crippen LogP contribution in [0.4, 0.5) is 5.82 Å². The Kier molecular flexibility index (Phi) is 5.44. The predicted molar refractivity (Wildman–Crippen MR) is 99.7 cm³/mol. The van der Waals surface area contributed by atoms with E-state index in [1.54, 1.807) is 0 Å². The first-order chi connectivity index (χ1) is 11.4. The molecule has 0 N–H and O–H groups in total. The predicted octanol–water partition coefficient (Wildman–Crippen LogP) is 3.23. The fourth-order valence-electron chi connectivity index (χ4n) is 2.70. The minimum atomic E-state index is -1.08. The lowest BCUT2D eigenvalue weighted by Gasteiger charge is -2.28. The van der Waals surface area contributed by atoms with E-state index in [1.807, 2.05) is 12.3 Å². The second kappa shape index (κ2) is 7.39. The molecule has 0 aliphatic carbocycles. The quantitative estimate of drug-likeness (QED) is 0.445. The molecule has 2 aromatic rings. The summed E-state index contributed by atoms with van der Waals surface area (Å²) in [5.41, 5.74) is 1.83. The van der Waals surface area contributed by atoms with Gasteiger partial charge in [0.25, 0.3) is 0 Å². The van der Waals surface area contributed by atoms with Gasteiger partial charge in [-0.25, -0.2) is 4.98 Å². The van der Waals surface area contributed by atoms with Crippen LogP contribution in [0.2, 0.25) is 31.0 Å². The Hall–Kier alpha value is -1.15. The van der Waals surface area contributed by atoms with E-state index >= 15 is 0 Å². The Morgan fingerprint density at radius 1 is 1.25 bits per heavy atom. The lowest BCUT2D eigenvalue weighted by molar-refractivity contribution is 0.0901. The highest BCUT2D eigenvalue weighted by Crippen LogP contribution is 2.27. The van der Waals surface area contributed by atoms with Crippen molar-refractivity contribution >= 4 is 36.5 Å². The zero-order valence-electron chi connectivity index (χ0n) is 14.6. The van der Waals surface area contributed by atoms with Gasteiger partial charge >= 0.3 is 0 Å². The topological polar surface area (TPSA) is 52.4 Å². The van der Waals surface area contributed by atoms with E-state index in [0.717, 1.165) is 42.6 Å². The van der Waals surface area contributed by atoms with Gasteiger partial charge in [0.2, 0.25) is 5.28 Å². The van der Waals surface area contributed by atoms with Gasteiger partial charge in [0.1, 0.15) is 12.2 Å². The third-order valence-corrected chi connectivity index (χ3v) is 5.98. The summed E-state index contributed by atoms with van der Waals surface area (Å²) in [7, 11) is -1.08. The summed E-state index contributed by atoms with van der Waals surface area (Å²) >= 11 is 6.11. The number of aromatic nitrogens is 3. The van der Waals surface area contributed by atoms with Crippen LogP contribution >= 0.6 is 11.6 Å². The number of nitrogens with zero attached hydrogens (tertiary/aromatic N) is 4. The van der Waals surface area contributed by atoms with Crippen LogP contribution < -0.4 is 4.90 Å². The zero-order valence-corrected chi connectivity index (χ0v) is 16.3. The summed E-state index contributed by atoms with van der Waals surface area (Å²) in [6, 6.07) is 3.12. The summed E-state index contributed by atoms with van der Waals surface area (Å²) in [5, 5.41) is 0.279. The van der Waals surface area contributed by atoms with Crippen molar-refractivity contribution < 1.29 is 9.47 Å². The minimum Gasteiger partial charge on any atom is -0.378 e. The van der Waals surface area contributed by atoms with Gasteiger partial charge in [-0.05, 0) is 23.7 Å². The summed E-state index contributed by atoms with van der Waals surface area (Å²) in [5.74, 6) is 0.868. The summed E-state index contributed by atoms with van der Waals surface area (Å²) in [6.07, 6.45) is 1.99. The van der Waals surface area contributed by atoms with Crippen LogP contribution in [-0.4, -0.2) is 55.5 Å². The van der Waals surface area contributed by atoms with Crippen LogP contribution in [0.1, 0.15) is 0 Å². The van der Waals surface area contributed by atoms with Gasteiger partial charge in [0, 0.05) is 34.0 Å². The molecule has 1 aliphatic heterocycles. The van der Waals surface area contributed by atoms with Crippen molar-refractivity contribution in [3.8, 4) is 0 Å². The fraction of sp³-hybridized carbons (Fsp3) is 0.625. The van der Waals surface area contributed by atoms with E-state index in [-0.39, 0.29) is 5.28 Å². The molecule has 132 valence electrons. The van der Waals surface area contributed by atoms with Crippen LogP contribution in [-0.2, 0) is 16.2 Å². The highest BCUT2D eigenvalue weighted by molar-refractivity contribution is 6.76. The molecule has 0 bridgehead atoms. The van der Waals surface area contributed by atoms with E-state index in [2.05, 4.69) is 39.1 Å². The molecule has 0 unspecified atom stereocenters. The number of ether oxygens (including phenoxy) is 2. The molecule has 2 aromatic heterocycles. The molecule has 0 radical (unpaired) electrons. The largest absolute Gasteiger partial charge is 0.378 e. The monoisotopic (exact) mass is 368 g/mol. The van der Waals surface area contributed by atoms with Gasteiger partial charge in [-0.15, -0.1) is 0 Å². The van der Waals surface area contributed by atoms with E-state index in [9.17, 15) is 0 Å². The molecule has 0 amide bonds. The molecule has 0 spiro atoms. The van der Waals surface area contributed by atoms with Crippen molar-refractivity contribution in [2.45, 2.75) is 32.4 Å². The van der Waals surface area contributed by atoms with Crippen LogP contribution in [0, 0.1) is 0 Å². The number of hydrogen-bond acceptors (Lipinski definition) is 5. The first kappa shape index (κ1) is 17.7. The standard InChI is InChI=1S/C16H25ClN4O2Si/c1-24(2,3)11-10-23-12-21-5-4-13-14(21)15(19-16(17)18-13)20-6-8-22-9-7-20/h4-5H,6-12H2,1-3H3. The van der Waals surface area contributed by atoms with Crippen molar-refractivity contribution in [3.05, 3.63) is 17.5 Å². The third-order valence-electron chi connectivity index (χ3n) is 4.10. The molecule has 1 saturated heterocycles. The second-order valence-corrected chi connectivity index (χ2v) is 13.2. The van der Waals surface area contributed by atoms with Crippen LogP contribution in [0.15, 0.2) is 12.3 Å². The molecule has 6 nitrogen and oxygen atoms in total. The Morgan fingerprint density at radius 3 is 2.71 bits per heavy atom. The lowest BCUT2D eigenvalue weighted by atomic mass is 10.3. The number of anilines is 1. The van der Waals surface area contributed by atoms with Crippen molar-refractivity contribution in [1.82, 2.24) is 14.5 Å². The maximum absolute atomic E-state index is 6.11. The number of fused-ring (bicyclic) bond motifs is 1. The van der Waals surface area contributed by atoms with Gasteiger partial charge in [0.05, 0.1) is 18.7 Å². The number of rotatable bonds is 6. The molecule has 0 atom stereocenters. The van der Waals surface area contributed by atoms with Gasteiger partial charge in [-0.3, -0.25) is 0 Å². The highest BCUT2D eigenvalue weighted by Gasteiger charge is 2.20. The molecule has 0 saturated carbocycles. The van der Waals surface area contributed by atoms with Crippen LogP contribution in [0.3, 0.4) is 0 Å². The first-order valence-electron chi connectivity index (χ1n) is 8.37. The summed E-state index contributed by atoms with van der Waals surface area (Å²) < 4.78 is 13.4. The summed E-state index contributed by atoms with van der Waals surface area (Å²) in [6.45, 7) is 11.4. The van der Waals surface area contributed by atoms with Crippen molar-refractivity contribution in [2.75, 3.05) is 37.8 Å². The molecular formula is C16H25ClN4O2Si. The smallest absolute Gasteiger partial charge is 0.225 e. The fourth-order valence-corrected chi connectivity index (χ4v) is 3.63. The first-order valence-corrected chi connectivity index (χ1v) is 12.5. The Balaban J connectivity index is 1.81. The van der Waals surface area contributed by atoms with Gasteiger partial charge in [-0.1, -0.05) is 19.6 Å². The van der Waals surface area contributed by atoms with Crippen molar-refractivity contribution in [1.29, 1.82) is 0 Å². The molecule has 8 heteroatoms. The maximum atomic E-state index is 6.11. The van der Waals surface area contributed by atoms with E-state index in [0.29, 0.717) is 19.9 Å². The second-order valence-electron chi connectivity index (χ2n) is 7.28. The SMILES string of the molecule is C[Si](C)(C)CCOCn1ccc2nc(Cl)nc(N3CCOCC3)c21. The zero-order chi connectivity index (χ0) is 17.2. The molecule has 24 heavy (non-hydrogen) atoms. The van der Waals surface area contributed by atoms with Crippen molar-refractivity contribution in [3.63, 3.8) is 0 Å². The molecule has 3 heterocycles. The average Bonchev–Trinajstić information content (AvgIpc) is 2.93. The molecule has 0 aromatic carbocycles. The molecule has 3 rings (SSSR count). The minimum absolute atomic E-state index is 0.279. The highest BCUT2D eigenvalue weighted by atomic mass is 35.5. The number of hydrogen-bond donors (Lipinski definition) is 0. The van der Waals surface area contributed by atoms with E-state index < -0.39 is 8.07 Å². The Labute approximate surface area is 148 Å². The number of morpholine rings is 1. The van der Waals surface area contributed by atoms with Crippen LogP contribution in [0.5, 0.6) is 0 Å². The Morgan fingerprint density at radius 2 is 2.00 bits per heavy atom. The van der Waals surface area contributed by atoms with Gasteiger partial charge in [0.15, 0.2) is 5.82 Å². The van der Waals surface area contributed by atoms with Gasteiger partial charge in [-0.2, -0.15) is 4.98 Å². The van der Waals surface area contributed by atoms with Crippen molar-refractivity contribution in [2.24, 2.45) is 0 Å². The lowest BCUT2D eigenvalue weighted by Crippen LogP contribution is -2.37. The van der Waals surface area contributed by atoms with E-state index in [1.165, 1.54) is 0 Å². The molecule has 1 aliphatic rings. The average molecular weight is 369 g/mol. The van der Waals surface area contributed by atoms with E-state index in [4.69, 9.17) is 21.1 Å². The summed E-state index contributed by atoms with van der Waals surface area (Å²) in [4.78, 5) is 11.0. The number of halogens is 1. The normalized spacial score (nSPS) is 16.1. The molecular weight excluding hydrogens is 344 g/mol. The maximum Gasteiger partial charge on any atom is 0.225 e. The van der Waals surface area contributed by atoms with Gasteiger partial charge < -0.3 is 18.9 Å². The van der Waals surface area contributed by atoms with Crippen LogP contribution in [0.25, 0.3) is 11.0 Å².